The van der Waals surface area contributed by atoms with E-state index < -0.39 is 0 Å². The summed E-state index contributed by atoms with van der Waals surface area (Å²) in [6, 6.07) is 1.62. The molecule has 1 aliphatic heterocycles. The first-order chi connectivity index (χ1) is 13.4. The maximum atomic E-state index is 12.9. The van der Waals surface area contributed by atoms with Crippen molar-refractivity contribution in [2.75, 3.05) is 27.3 Å². The van der Waals surface area contributed by atoms with Crippen LogP contribution < -0.4 is 14.8 Å². The number of aromatic nitrogens is 3. The number of imidazole rings is 1. The van der Waals surface area contributed by atoms with Gasteiger partial charge in [-0.3, -0.25) is 9.59 Å². The van der Waals surface area contributed by atoms with Gasteiger partial charge in [-0.25, -0.2) is 9.97 Å². The SMILES string of the molecule is COc1cc(C(=O)N2CC[C@@H](NC(=O)c3nccn3C)[C@@H](C)C2)cnc1OC. The van der Waals surface area contributed by atoms with Crippen LogP contribution in [0.4, 0.5) is 0 Å². The van der Waals surface area contributed by atoms with Gasteiger partial charge in [0.2, 0.25) is 0 Å². The Morgan fingerprint density at radius 3 is 2.64 bits per heavy atom. The van der Waals surface area contributed by atoms with Crippen molar-refractivity contribution in [3.8, 4) is 11.6 Å². The molecule has 150 valence electrons. The third kappa shape index (κ3) is 3.92. The standard InChI is InChI=1S/C19H25N5O4/c1-12-11-24(19(26)13-9-15(27-3)18(28-4)21-10-13)7-5-14(12)22-17(25)16-20-6-8-23(16)2/h6,8-10,12,14H,5,7,11H2,1-4H3,(H,22,25)/t12-,14+/m0/s1. The van der Waals surface area contributed by atoms with E-state index in [1.807, 2.05) is 6.92 Å². The van der Waals surface area contributed by atoms with Crippen molar-refractivity contribution in [1.29, 1.82) is 0 Å². The van der Waals surface area contributed by atoms with Gasteiger partial charge in [-0.1, -0.05) is 6.92 Å². The lowest BCUT2D eigenvalue weighted by Crippen LogP contribution is -2.51. The Kier molecular flexibility index (Phi) is 5.81. The second-order valence-electron chi connectivity index (χ2n) is 6.89. The number of hydrogen-bond acceptors (Lipinski definition) is 6. The van der Waals surface area contributed by atoms with Crippen LogP contribution >= 0.6 is 0 Å². The minimum atomic E-state index is -0.201. The Balaban J connectivity index is 1.64. The number of nitrogens with one attached hydrogen (secondary N) is 1. The molecule has 0 aromatic carbocycles. The Bertz CT molecular complexity index is 866. The molecule has 1 aliphatic rings. The molecule has 0 spiro atoms. The number of nitrogens with zero attached hydrogens (tertiary/aromatic N) is 4. The van der Waals surface area contributed by atoms with Crippen LogP contribution in [0.2, 0.25) is 0 Å². The molecule has 2 atom stereocenters. The van der Waals surface area contributed by atoms with Crippen LogP contribution in [0.15, 0.2) is 24.7 Å². The summed E-state index contributed by atoms with van der Waals surface area (Å²) in [6.07, 6.45) is 5.49. The number of rotatable bonds is 5. The van der Waals surface area contributed by atoms with Gasteiger partial charge in [0.05, 0.1) is 19.8 Å². The molecule has 3 heterocycles. The molecule has 28 heavy (non-hydrogen) atoms. The predicted octanol–water partition coefficient (Wildman–Crippen LogP) is 1.11. The highest BCUT2D eigenvalue weighted by Gasteiger charge is 2.31. The summed E-state index contributed by atoms with van der Waals surface area (Å²) in [5, 5.41) is 3.04. The summed E-state index contributed by atoms with van der Waals surface area (Å²) in [5.74, 6) is 0.918. The topological polar surface area (TPSA) is 98.6 Å². The molecule has 9 heteroatoms. The maximum Gasteiger partial charge on any atom is 0.287 e. The van der Waals surface area contributed by atoms with Gasteiger partial charge >= 0.3 is 0 Å². The average Bonchev–Trinajstić information content (AvgIpc) is 3.14. The van der Waals surface area contributed by atoms with Gasteiger partial charge < -0.3 is 24.3 Å². The molecule has 0 unspecified atom stereocenters. The third-order valence-electron chi connectivity index (χ3n) is 5.01. The number of carbonyl (C=O) groups is 2. The lowest BCUT2D eigenvalue weighted by Gasteiger charge is -2.37. The normalized spacial score (nSPS) is 19.2. The van der Waals surface area contributed by atoms with Gasteiger partial charge in [-0.2, -0.15) is 0 Å². The minimum absolute atomic E-state index is 0.0169. The van der Waals surface area contributed by atoms with Crippen molar-refractivity contribution < 1.29 is 19.1 Å². The van der Waals surface area contributed by atoms with E-state index in [-0.39, 0.29) is 23.8 Å². The quantitative estimate of drug-likeness (QED) is 0.825. The fourth-order valence-corrected chi connectivity index (χ4v) is 3.39. The molecule has 0 bridgehead atoms. The lowest BCUT2D eigenvalue weighted by molar-refractivity contribution is 0.0630. The molecule has 2 aromatic rings. The van der Waals surface area contributed by atoms with Crippen molar-refractivity contribution in [3.05, 3.63) is 36.0 Å². The Morgan fingerprint density at radius 2 is 2.04 bits per heavy atom. The summed E-state index contributed by atoms with van der Waals surface area (Å²) >= 11 is 0. The molecule has 1 fully saturated rings. The van der Waals surface area contributed by atoms with Crippen molar-refractivity contribution in [2.45, 2.75) is 19.4 Å². The number of piperidine rings is 1. The van der Waals surface area contributed by atoms with Gasteiger partial charge in [-0.15, -0.1) is 0 Å². The molecule has 0 saturated carbocycles. The molecular weight excluding hydrogens is 362 g/mol. The summed E-state index contributed by atoms with van der Waals surface area (Å²) < 4.78 is 12.0. The van der Waals surface area contributed by atoms with E-state index in [0.29, 0.717) is 42.5 Å². The summed E-state index contributed by atoms with van der Waals surface area (Å²) in [5.41, 5.74) is 0.445. The zero-order valence-corrected chi connectivity index (χ0v) is 16.5. The highest BCUT2D eigenvalue weighted by molar-refractivity contribution is 5.94. The first-order valence-electron chi connectivity index (χ1n) is 9.10. The predicted molar refractivity (Wildman–Crippen MR) is 101 cm³/mol. The van der Waals surface area contributed by atoms with Crippen molar-refractivity contribution in [3.63, 3.8) is 0 Å². The largest absolute Gasteiger partial charge is 0.491 e. The lowest BCUT2D eigenvalue weighted by atomic mass is 9.93. The van der Waals surface area contributed by atoms with E-state index in [1.165, 1.54) is 20.4 Å². The van der Waals surface area contributed by atoms with Crippen molar-refractivity contribution in [2.24, 2.45) is 13.0 Å². The highest BCUT2D eigenvalue weighted by atomic mass is 16.5. The van der Waals surface area contributed by atoms with Gasteiger partial charge in [0.25, 0.3) is 17.7 Å². The number of hydrogen-bond donors (Lipinski definition) is 1. The van der Waals surface area contributed by atoms with Gasteiger partial charge in [0.1, 0.15) is 0 Å². The van der Waals surface area contributed by atoms with Crippen LogP contribution in [0.3, 0.4) is 0 Å². The van der Waals surface area contributed by atoms with Crippen molar-refractivity contribution >= 4 is 11.8 Å². The van der Waals surface area contributed by atoms with E-state index >= 15 is 0 Å². The van der Waals surface area contributed by atoms with Crippen LogP contribution in [0.25, 0.3) is 0 Å². The molecule has 0 radical (unpaired) electrons. The third-order valence-corrected chi connectivity index (χ3v) is 5.01. The number of aryl methyl sites for hydroxylation is 1. The summed E-state index contributed by atoms with van der Waals surface area (Å²) in [4.78, 5) is 35.2. The molecule has 0 aliphatic carbocycles. The van der Waals surface area contributed by atoms with E-state index in [4.69, 9.17) is 9.47 Å². The van der Waals surface area contributed by atoms with E-state index in [9.17, 15) is 9.59 Å². The van der Waals surface area contributed by atoms with Crippen LogP contribution in [-0.2, 0) is 7.05 Å². The van der Waals surface area contributed by atoms with Gasteiger partial charge in [0.15, 0.2) is 11.6 Å². The number of carbonyl (C=O) groups excluding carboxylic acids is 2. The smallest absolute Gasteiger partial charge is 0.287 e. The Labute approximate surface area is 163 Å². The van der Waals surface area contributed by atoms with Crippen LogP contribution in [0.5, 0.6) is 11.6 Å². The maximum absolute atomic E-state index is 12.9. The van der Waals surface area contributed by atoms with Crippen molar-refractivity contribution in [1.82, 2.24) is 24.8 Å². The summed E-state index contributed by atoms with van der Waals surface area (Å²) in [6.45, 7) is 3.11. The molecule has 1 saturated heterocycles. The Morgan fingerprint density at radius 1 is 1.25 bits per heavy atom. The molecule has 3 rings (SSSR count). The second kappa shape index (κ2) is 8.28. The number of amides is 2. The number of likely N-dealkylation sites (tertiary alicyclic amines) is 1. The molecule has 9 nitrogen and oxygen atoms in total. The van der Waals surface area contributed by atoms with Gasteiger partial charge in [0, 0.05) is 50.8 Å². The first-order valence-corrected chi connectivity index (χ1v) is 9.10. The van der Waals surface area contributed by atoms with E-state index in [0.717, 1.165) is 0 Å². The number of methoxy groups -OCH3 is 2. The minimum Gasteiger partial charge on any atom is -0.491 e. The molecular formula is C19H25N5O4. The van der Waals surface area contributed by atoms with Crippen LogP contribution in [0, 0.1) is 5.92 Å². The summed E-state index contributed by atoms with van der Waals surface area (Å²) in [7, 11) is 4.79. The second-order valence-corrected chi connectivity index (χ2v) is 6.89. The van der Waals surface area contributed by atoms with Crippen LogP contribution in [0.1, 0.15) is 34.3 Å². The molecule has 1 N–H and O–H groups in total. The zero-order chi connectivity index (χ0) is 20.3. The monoisotopic (exact) mass is 387 g/mol. The molecule has 2 aromatic heterocycles. The Hall–Kier alpha value is -3.10. The molecule has 2 amide bonds. The number of pyridine rings is 1. The fraction of sp³-hybridized carbons (Fsp3) is 0.474. The highest BCUT2D eigenvalue weighted by Crippen LogP contribution is 2.26. The zero-order valence-electron chi connectivity index (χ0n) is 16.5. The first kappa shape index (κ1) is 19.7. The van der Waals surface area contributed by atoms with Crippen LogP contribution in [-0.4, -0.2) is 64.6 Å². The van der Waals surface area contributed by atoms with Gasteiger partial charge in [-0.05, 0) is 12.3 Å². The van der Waals surface area contributed by atoms with E-state index in [1.54, 1.807) is 35.0 Å². The fourth-order valence-electron chi connectivity index (χ4n) is 3.39. The number of ether oxygens (including phenoxy) is 2. The van der Waals surface area contributed by atoms with E-state index in [2.05, 4.69) is 15.3 Å². The average molecular weight is 387 g/mol.